The SMILES string of the molecule is CCC(CC)NC(=O)Cc1ccc([N+](=O)[O-])cc1[N+](=O)[O-]. The molecule has 21 heavy (non-hydrogen) atoms. The minimum atomic E-state index is -0.716. The van der Waals surface area contributed by atoms with Gasteiger partial charge in [-0.2, -0.15) is 0 Å². The summed E-state index contributed by atoms with van der Waals surface area (Å²) in [6.07, 6.45) is 1.36. The lowest BCUT2D eigenvalue weighted by Crippen LogP contribution is -2.34. The topological polar surface area (TPSA) is 115 Å². The Labute approximate surface area is 121 Å². The van der Waals surface area contributed by atoms with Crippen molar-refractivity contribution in [3.8, 4) is 0 Å². The summed E-state index contributed by atoms with van der Waals surface area (Å²) in [7, 11) is 0. The number of carbonyl (C=O) groups excluding carboxylic acids is 1. The van der Waals surface area contributed by atoms with Crippen LogP contribution in [0.1, 0.15) is 32.3 Å². The Hall–Kier alpha value is -2.51. The van der Waals surface area contributed by atoms with Gasteiger partial charge in [0.1, 0.15) is 0 Å². The molecule has 0 unspecified atom stereocenters. The number of carbonyl (C=O) groups is 1. The number of hydrogen-bond donors (Lipinski definition) is 1. The maximum atomic E-state index is 11.9. The zero-order chi connectivity index (χ0) is 16.0. The number of nitro benzene ring substituents is 2. The molecular formula is C13H17N3O5. The quantitative estimate of drug-likeness (QED) is 0.612. The van der Waals surface area contributed by atoms with Crippen LogP contribution in [0.15, 0.2) is 18.2 Å². The zero-order valence-corrected chi connectivity index (χ0v) is 11.9. The third-order valence-electron chi connectivity index (χ3n) is 3.18. The van der Waals surface area contributed by atoms with Crippen LogP contribution in [-0.2, 0) is 11.2 Å². The first-order chi connectivity index (χ1) is 9.88. The minimum Gasteiger partial charge on any atom is -0.353 e. The monoisotopic (exact) mass is 295 g/mol. The van der Waals surface area contributed by atoms with E-state index in [2.05, 4.69) is 5.32 Å². The normalized spacial score (nSPS) is 10.4. The molecule has 114 valence electrons. The largest absolute Gasteiger partial charge is 0.353 e. The van der Waals surface area contributed by atoms with Gasteiger partial charge in [0.25, 0.3) is 11.4 Å². The Morgan fingerprint density at radius 3 is 2.29 bits per heavy atom. The molecule has 0 saturated heterocycles. The highest BCUT2D eigenvalue weighted by Crippen LogP contribution is 2.25. The molecule has 1 rings (SSSR count). The Kier molecular flexibility index (Phi) is 5.77. The summed E-state index contributed by atoms with van der Waals surface area (Å²) in [5.41, 5.74) is -0.621. The number of nitro groups is 2. The minimum absolute atomic E-state index is 0.0228. The summed E-state index contributed by atoms with van der Waals surface area (Å²) in [6, 6.07) is 3.31. The molecule has 0 aromatic heterocycles. The molecule has 1 aromatic rings. The molecule has 1 amide bonds. The van der Waals surface area contributed by atoms with Crippen LogP contribution < -0.4 is 5.32 Å². The third-order valence-corrected chi connectivity index (χ3v) is 3.18. The van der Waals surface area contributed by atoms with Crippen LogP contribution in [0.2, 0.25) is 0 Å². The Morgan fingerprint density at radius 1 is 1.19 bits per heavy atom. The van der Waals surface area contributed by atoms with E-state index in [1.54, 1.807) is 0 Å². The predicted molar refractivity (Wildman–Crippen MR) is 76.0 cm³/mol. The molecule has 0 radical (unpaired) electrons. The standard InChI is InChI=1S/C13H17N3O5/c1-3-10(4-2)14-13(17)7-9-5-6-11(15(18)19)8-12(9)16(20)21/h5-6,8,10H,3-4,7H2,1-2H3,(H,14,17). The van der Waals surface area contributed by atoms with Crippen molar-refractivity contribution in [2.45, 2.75) is 39.2 Å². The number of nitrogens with one attached hydrogen (secondary N) is 1. The highest BCUT2D eigenvalue weighted by atomic mass is 16.6. The molecule has 0 aliphatic rings. The summed E-state index contributed by atoms with van der Waals surface area (Å²) < 4.78 is 0. The number of nitrogens with zero attached hydrogens (tertiary/aromatic N) is 2. The predicted octanol–water partition coefficient (Wildman–Crippen LogP) is 2.35. The lowest BCUT2D eigenvalue weighted by Gasteiger charge is -2.14. The average Bonchev–Trinajstić information content (AvgIpc) is 2.44. The van der Waals surface area contributed by atoms with Gasteiger partial charge >= 0.3 is 0 Å². The van der Waals surface area contributed by atoms with Crippen LogP contribution in [0.25, 0.3) is 0 Å². The van der Waals surface area contributed by atoms with Gasteiger partial charge < -0.3 is 5.32 Å². The molecule has 0 spiro atoms. The van der Waals surface area contributed by atoms with E-state index in [1.165, 1.54) is 6.07 Å². The molecule has 0 saturated carbocycles. The Morgan fingerprint density at radius 2 is 1.81 bits per heavy atom. The summed E-state index contributed by atoms with van der Waals surface area (Å²) in [5.74, 6) is -0.333. The summed E-state index contributed by atoms with van der Waals surface area (Å²) in [5, 5.41) is 24.4. The molecule has 0 atom stereocenters. The molecular weight excluding hydrogens is 278 g/mol. The lowest BCUT2D eigenvalue weighted by atomic mass is 10.1. The fraction of sp³-hybridized carbons (Fsp3) is 0.462. The molecule has 0 fully saturated rings. The first-order valence-corrected chi connectivity index (χ1v) is 6.60. The summed E-state index contributed by atoms with van der Waals surface area (Å²) in [4.78, 5) is 32.0. The molecule has 0 bridgehead atoms. The number of benzene rings is 1. The molecule has 0 aliphatic carbocycles. The van der Waals surface area contributed by atoms with Gasteiger partial charge in [0.15, 0.2) is 0 Å². The van der Waals surface area contributed by atoms with E-state index in [-0.39, 0.29) is 29.6 Å². The van der Waals surface area contributed by atoms with Crippen molar-refractivity contribution < 1.29 is 14.6 Å². The van der Waals surface area contributed by atoms with Crippen LogP contribution in [0.5, 0.6) is 0 Å². The van der Waals surface area contributed by atoms with E-state index >= 15 is 0 Å². The van der Waals surface area contributed by atoms with Gasteiger partial charge in [-0.15, -0.1) is 0 Å². The van der Waals surface area contributed by atoms with Gasteiger partial charge in [0, 0.05) is 17.7 Å². The van der Waals surface area contributed by atoms with Gasteiger partial charge in [-0.25, -0.2) is 0 Å². The van der Waals surface area contributed by atoms with Crippen molar-refractivity contribution in [2.75, 3.05) is 0 Å². The smallest absolute Gasteiger partial charge is 0.279 e. The Balaban J connectivity index is 2.95. The molecule has 0 heterocycles. The van der Waals surface area contributed by atoms with Gasteiger partial charge in [0.2, 0.25) is 5.91 Å². The second-order valence-electron chi connectivity index (χ2n) is 4.58. The fourth-order valence-electron chi connectivity index (χ4n) is 1.93. The van der Waals surface area contributed by atoms with Gasteiger partial charge in [0.05, 0.1) is 22.3 Å². The van der Waals surface area contributed by atoms with Crippen molar-refractivity contribution in [3.63, 3.8) is 0 Å². The first-order valence-electron chi connectivity index (χ1n) is 6.60. The van der Waals surface area contributed by atoms with Crippen molar-refractivity contribution in [1.29, 1.82) is 0 Å². The summed E-state index contributed by atoms with van der Waals surface area (Å²) >= 11 is 0. The van der Waals surface area contributed by atoms with Crippen LogP contribution in [-0.4, -0.2) is 21.8 Å². The van der Waals surface area contributed by atoms with E-state index < -0.39 is 15.5 Å². The van der Waals surface area contributed by atoms with Crippen molar-refractivity contribution in [3.05, 3.63) is 44.0 Å². The van der Waals surface area contributed by atoms with E-state index in [0.717, 1.165) is 25.0 Å². The van der Waals surface area contributed by atoms with Gasteiger partial charge in [-0.1, -0.05) is 13.8 Å². The number of amides is 1. The van der Waals surface area contributed by atoms with Gasteiger partial charge in [-0.05, 0) is 18.9 Å². The number of rotatable bonds is 7. The van der Waals surface area contributed by atoms with Crippen molar-refractivity contribution >= 4 is 17.3 Å². The Bertz CT molecular complexity index is 555. The average molecular weight is 295 g/mol. The molecule has 8 heteroatoms. The third kappa shape index (κ3) is 4.51. The number of non-ortho nitro benzene ring substituents is 1. The molecule has 1 aromatic carbocycles. The summed E-state index contributed by atoms with van der Waals surface area (Å²) in [6.45, 7) is 3.87. The van der Waals surface area contributed by atoms with Crippen LogP contribution >= 0.6 is 0 Å². The maximum absolute atomic E-state index is 11.9. The highest BCUT2D eigenvalue weighted by molar-refractivity contribution is 5.80. The zero-order valence-electron chi connectivity index (χ0n) is 11.9. The van der Waals surface area contributed by atoms with Crippen LogP contribution in [0, 0.1) is 20.2 Å². The van der Waals surface area contributed by atoms with Crippen LogP contribution in [0.3, 0.4) is 0 Å². The maximum Gasteiger partial charge on any atom is 0.279 e. The van der Waals surface area contributed by atoms with E-state index in [0.29, 0.717) is 0 Å². The molecule has 1 N–H and O–H groups in total. The number of hydrogen-bond acceptors (Lipinski definition) is 5. The van der Waals surface area contributed by atoms with Crippen molar-refractivity contribution in [2.24, 2.45) is 0 Å². The lowest BCUT2D eigenvalue weighted by molar-refractivity contribution is -0.394. The fourth-order valence-corrected chi connectivity index (χ4v) is 1.93. The van der Waals surface area contributed by atoms with Gasteiger partial charge in [-0.3, -0.25) is 25.0 Å². The second kappa shape index (κ2) is 7.32. The van der Waals surface area contributed by atoms with Crippen LogP contribution in [0.4, 0.5) is 11.4 Å². The second-order valence-corrected chi connectivity index (χ2v) is 4.58. The molecule has 0 aliphatic heterocycles. The molecule has 8 nitrogen and oxygen atoms in total. The van der Waals surface area contributed by atoms with Crippen molar-refractivity contribution in [1.82, 2.24) is 5.32 Å². The first kappa shape index (κ1) is 16.5. The van der Waals surface area contributed by atoms with E-state index in [4.69, 9.17) is 0 Å². The van der Waals surface area contributed by atoms with E-state index in [9.17, 15) is 25.0 Å². The highest BCUT2D eigenvalue weighted by Gasteiger charge is 2.21. The van der Waals surface area contributed by atoms with E-state index in [1.807, 2.05) is 13.8 Å².